The molecule has 1 aliphatic heterocycles. The van der Waals surface area contributed by atoms with Crippen LogP contribution in [0.15, 0.2) is 11.4 Å². The Bertz CT molecular complexity index is 744. The average Bonchev–Trinajstić information content (AvgIpc) is 2.51. The normalized spacial score (nSPS) is 17.6. The molecule has 25 heavy (non-hydrogen) atoms. The van der Waals surface area contributed by atoms with E-state index in [4.69, 9.17) is 5.11 Å². The van der Waals surface area contributed by atoms with Gasteiger partial charge in [-0.2, -0.15) is 13.2 Å². The van der Waals surface area contributed by atoms with Crippen LogP contribution in [-0.2, 0) is 20.8 Å². The highest BCUT2D eigenvalue weighted by Gasteiger charge is 2.39. The third kappa shape index (κ3) is 5.11. The molecule has 0 radical (unpaired) electrons. The quantitative estimate of drug-likeness (QED) is 0.773. The monoisotopic (exact) mass is 381 g/mol. The molecule has 0 bridgehead atoms. The molecule has 11 heteroatoms. The maximum Gasteiger partial charge on any atom is 0.433 e. The predicted molar refractivity (Wildman–Crippen MR) is 80.8 cm³/mol. The number of carboxylic acid groups (broad SMARTS) is 1. The minimum absolute atomic E-state index is 0.0232. The Balaban J connectivity index is 2.21. The first-order valence-electron chi connectivity index (χ1n) is 7.57. The van der Waals surface area contributed by atoms with Crippen molar-refractivity contribution in [3.8, 4) is 0 Å². The number of piperidine rings is 1. The predicted octanol–water partition coefficient (Wildman–Crippen LogP) is 1.55. The molecule has 140 valence electrons. The van der Waals surface area contributed by atoms with E-state index in [0.29, 0.717) is 32.5 Å². The summed E-state index contributed by atoms with van der Waals surface area (Å²) in [6, 6.07) is 0. The highest BCUT2D eigenvalue weighted by Crippen LogP contribution is 2.37. The van der Waals surface area contributed by atoms with Crippen molar-refractivity contribution >= 4 is 15.8 Å². The molecule has 1 aromatic rings. The third-order valence-electron chi connectivity index (χ3n) is 4.06. The van der Waals surface area contributed by atoms with Gasteiger partial charge in [0.15, 0.2) is 5.69 Å². The minimum Gasteiger partial charge on any atom is -0.481 e. The number of hydrogen-bond acceptors (Lipinski definition) is 6. The molecular weight excluding hydrogens is 363 g/mol. The summed E-state index contributed by atoms with van der Waals surface area (Å²) in [6.07, 6.45) is -2.32. The van der Waals surface area contributed by atoms with Gasteiger partial charge in [0.1, 0.15) is 0 Å². The van der Waals surface area contributed by atoms with Gasteiger partial charge < -0.3 is 10.0 Å². The molecule has 0 unspecified atom stereocenters. The second-order valence-electron chi connectivity index (χ2n) is 5.99. The van der Waals surface area contributed by atoms with Gasteiger partial charge in [0.05, 0.1) is 6.42 Å². The number of rotatable bonds is 5. The van der Waals surface area contributed by atoms with Gasteiger partial charge in [0.25, 0.3) is 0 Å². The molecule has 1 aromatic heterocycles. The zero-order valence-corrected chi connectivity index (χ0v) is 14.3. The molecule has 0 aromatic carbocycles. The third-order valence-corrected chi connectivity index (χ3v) is 4.92. The van der Waals surface area contributed by atoms with Crippen LogP contribution in [0.25, 0.3) is 0 Å². The second kappa shape index (κ2) is 7.24. The summed E-state index contributed by atoms with van der Waals surface area (Å²) in [7, 11) is -3.94. The van der Waals surface area contributed by atoms with Gasteiger partial charge in [-0.25, -0.2) is 18.4 Å². The Morgan fingerprint density at radius 3 is 2.44 bits per heavy atom. The van der Waals surface area contributed by atoms with E-state index in [1.54, 1.807) is 0 Å². The van der Waals surface area contributed by atoms with Crippen molar-refractivity contribution in [3.63, 3.8) is 0 Å². The van der Waals surface area contributed by atoms with Gasteiger partial charge >= 0.3 is 12.1 Å². The summed E-state index contributed by atoms with van der Waals surface area (Å²) >= 11 is 0. The van der Waals surface area contributed by atoms with Crippen molar-refractivity contribution in [2.24, 2.45) is 0 Å². The summed E-state index contributed by atoms with van der Waals surface area (Å²) in [5.41, 5.74) is -1.33. The van der Waals surface area contributed by atoms with Crippen LogP contribution in [-0.4, -0.2) is 60.3 Å². The summed E-state index contributed by atoms with van der Waals surface area (Å²) in [5.74, 6) is -1.38. The first kappa shape index (κ1) is 19.6. The van der Waals surface area contributed by atoms with Gasteiger partial charge in [-0.3, -0.25) is 4.79 Å². The lowest BCUT2D eigenvalue weighted by Gasteiger charge is -2.32. The lowest BCUT2D eigenvalue weighted by Crippen LogP contribution is -2.35. The molecular formula is C14H18F3N3O4S. The Morgan fingerprint density at radius 1 is 1.36 bits per heavy atom. The second-order valence-corrected chi connectivity index (χ2v) is 7.90. The van der Waals surface area contributed by atoms with Crippen LogP contribution in [0, 0.1) is 0 Å². The number of aromatic nitrogens is 2. The van der Waals surface area contributed by atoms with Gasteiger partial charge in [0.2, 0.25) is 15.0 Å². The standard InChI is InChI=1S/C14H18F3N3O4S/c1-25(23,24)13-18-8-10(12(19-13)14(15,16)17)9-2-5-20(6-3-9)7-4-11(21)22/h8-9H,2-7H2,1H3,(H,21,22). The van der Waals surface area contributed by atoms with E-state index < -0.39 is 38.8 Å². The van der Waals surface area contributed by atoms with Crippen molar-refractivity contribution in [2.45, 2.75) is 36.5 Å². The van der Waals surface area contributed by atoms with E-state index in [1.807, 2.05) is 4.90 Å². The summed E-state index contributed by atoms with van der Waals surface area (Å²) in [6.45, 7) is 1.27. The fourth-order valence-electron chi connectivity index (χ4n) is 2.80. The summed E-state index contributed by atoms with van der Waals surface area (Å²) in [5, 5.41) is 7.83. The maximum atomic E-state index is 13.3. The first-order valence-corrected chi connectivity index (χ1v) is 9.46. The van der Waals surface area contributed by atoms with Gasteiger partial charge in [-0.15, -0.1) is 0 Å². The number of carbonyl (C=O) groups is 1. The van der Waals surface area contributed by atoms with E-state index in [9.17, 15) is 26.4 Å². The summed E-state index contributed by atoms with van der Waals surface area (Å²) < 4.78 is 62.7. The lowest BCUT2D eigenvalue weighted by molar-refractivity contribution is -0.143. The topological polar surface area (TPSA) is 100 Å². The van der Waals surface area contributed by atoms with Crippen LogP contribution < -0.4 is 0 Å². The van der Waals surface area contributed by atoms with Gasteiger partial charge in [0, 0.05) is 24.6 Å². The average molecular weight is 381 g/mol. The smallest absolute Gasteiger partial charge is 0.433 e. The van der Waals surface area contributed by atoms with E-state index >= 15 is 0 Å². The van der Waals surface area contributed by atoms with E-state index in [0.717, 1.165) is 12.5 Å². The molecule has 0 amide bonds. The van der Waals surface area contributed by atoms with E-state index in [2.05, 4.69) is 9.97 Å². The molecule has 1 aliphatic rings. The van der Waals surface area contributed by atoms with Crippen LogP contribution in [0.5, 0.6) is 0 Å². The molecule has 1 fully saturated rings. The number of hydrogen-bond donors (Lipinski definition) is 1. The fourth-order valence-corrected chi connectivity index (χ4v) is 3.30. The van der Waals surface area contributed by atoms with Gasteiger partial charge in [-0.05, 0) is 31.8 Å². The Morgan fingerprint density at radius 2 is 1.96 bits per heavy atom. The van der Waals surface area contributed by atoms with E-state index in [1.165, 1.54) is 0 Å². The van der Waals surface area contributed by atoms with Crippen LogP contribution >= 0.6 is 0 Å². The number of aliphatic carboxylic acids is 1. The highest BCUT2D eigenvalue weighted by atomic mass is 32.2. The molecule has 0 atom stereocenters. The van der Waals surface area contributed by atoms with Crippen LogP contribution in [0.3, 0.4) is 0 Å². The molecule has 0 saturated carbocycles. The SMILES string of the molecule is CS(=O)(=O)c1ncc(C2CCN(CCC(=O)O)CC2)c(C(F)(F)F)n1. The zero-order chi connectivity index (χ0) is 18.8. The highest BCUT2D eigenvalue weighted by molar-refractivity contribution is 7.90. The number of alkyl halides is 3. The Labute approximate surface area is 142 Å². The summed E-state index contributed by atoms with van der Waals surface area (Å²) in [4.78, 5) is 19.3. The maximum absolute atomic E-state index is 13.3. The fraction of sp³-hybridized carbons (Fsp3) is 0.643. The Kier molecular flexibility index (Phi) is 5.67. The molecule has 2 heterocycles. The lowest BCUT2D eigenvalue weighted by atomic mass is 9.89. The molecule has 7 nitrogen and oxygen atoms in total. The number of halogens is 3. The number of sulfone groups is 1. The van der Waals surface area contributed by atoms with Crippen LogP contribution in [0.1, 0.15) is 36.4 Å². The largest absolute Gasteiger partial charge is 0.481 e. The Hall–Kier alpha value is -1.75. The van der Waals surface area contributed by atoms with Crippen molar-refractivity contribution in [1.29, 1.82) is 0 Å². The van der Waals surface area contributed by atoms with Crippen molar-refractivity contribution in [2.75, 3.05) is 25.9 Å². The molecule has 1 saturated heterocycles. The van der Waals surface area contributed by atoms with Crippen molar-refractivity contribution in [1.82, 2.24) is 14.9 Å². The number of nitrogens with zero attached hydrogens (tertiary/aromatic N) is 3. The molecule has 1 N–H and O–H groups in total. The molecule has 2 rings (SSSR count). The minimum atomic E-state index is -4.78. The van der Waals surface area contributed by atoms with E-state index in [-0.39, 0.29) is 12.0 Å². The first-order chi connectivity index (χ1) is 11.5. The number of likely N-dealkylation sites (tertiary alicyclic amines) is 1. The van der Waals surface area contributed by atoms with Crippen LogP contribution in [0.2, 0.25) is 0 Å². The molecule has 0 spiro atoms. The van der Waals surface area contributed by atoms with Crippen LogP contribution in [0.4, 0.5) is 13.2 Å². The zero-order valence-electron chi connectivity index (χ0n) is 13.5. The van der Waals surface area contributed by atoms with Gasteiger partial charge in [-0.1, -0.05) is 0 Å². The van der Waals surface area contributed by atoms with Crippen molar-refractivity contribution < 1.29 is 31.5 Å². The van der Waals surface area contributed by atoms with Crippen molar-refractivity contribution in [3.05, 3.63) is 17.5 Å². The molecule has 0 aliphatic carbocycles. The number of carboxylic acids is 1.